The first kappa shape index (κ1) is 9.29. The van der Waals surface area contributed by atoms with Gasteiger partial charge in [0.05, 0.1) is 11.6 Å². The van der Waals surface area contributed by atoms with Crippen LogP contribution in [0.1, 0.15) is 5.56 Å². The Labute approximate surface area is 88.8 Å². The molecular formula is C13H9N2. The maximum absolute atomic E-state index is 8.75. The molecule has 0 aliphatic heterocycles. The highest BCUT2D eigenvalue weighted by molar-refractivity contribution is 5.60. The van der Waals surface area contributed by atoms with Crippen molar-refractivity contribution in [2.45, 2.75) is 0 Å². The summed E-state index contributed by atoms with van der Waals surface area (Å²) in [5.74, 6) is 0. The summed E-state index contributed by atoms with van der Waals surface area (Å²) < 4.78 is 0. The van der Waals surface area contributed by atoms with Gasteiger partial charge in [-0.2, -0.15) is 5.26 Å². The molecule has 0 aliphatic carbocycles. The maximum atomic E-state index is 8.75. The number of nitriles is 1. The molecule has 0 atom stereocenters. The summed E-state index contributed by atoms with van der Waals surface area (Å²) >= 11 is 0. The van der Waals surface area contributed by atoms with Gasteiger partial charge >= 0.3 is 0 Å². The summed E-state index contributed by atoms with van der Waals surface area (Å²) in [6.07, 6.45) is 0. The van der Waals surface area contributed by atoms with Crippen LogP contribution in [0.25, 0.3) is 0 Å². The van der Waals surface area contributed by atoms with E-state index >= 15 is 0 Å². The smallest absolute Gasteiger partial charge is 0.0992 e. The van der Waals surface area contributed by atoms with E-state index in [9.17, 15) is 0 Å². The fourth-order valence-corrected chi connectivity index (χ4v) is 1.30. The summed E-state index contributed by atoms with van der Waals surface area (Å²) in [5, 5.41) is 12.0. The third-order valence-corrected chi connectivity index (χ3v) is 2.00. The average Bonchev–Trinajstić information content (AvgIpc) is 2.31. The predicted octanol–water partition coefficient (Wildman–Crippen LogP) is 3.10. The Balaban J connectivity index is 2.22. The van der Waals surface area contributed by atoms with Crippen LogP contribution in [-0.4, -0.2) is 0 Å². The quantitative estimate of drug-likeness (QED) is 0.795. The molecule has 71 valence electrons. The van der Waals surface area contributed by atoms with Crippen molar-refractivity contribution in [3.63, 3.8) is 0 Å². The van der Waals surface area contributed by atoms with Crippen LogP contribution in [0.15, 0.2) is 48.5 Å². The number of hydrogen-bond donors (Lipinski definition) is 1. The molecule has 0 unspecified atom stereocenters. The van der Waals surface area contributed by atoms with Crippen molar-refractivity contribution in [3.05, 3.63) is 60.2 Å². The van der Waals surface area contributed by atoms with Crippen molar-refractivity contribution in [3.8, 4) is 6.07 Å². The van der Waals surface area contributed by atoms with Gasteiger partial charge in [0.25, 0.3) is 0 Å². The van der Waals surface area contributed by atoms with Crippen molar-refractivity contribution < 1.29 is 0 Å². The van der Waals surface area contributed by atoms with Crippen LogP contribution in [-0.2, 0) is 0 Å². The second-order valence-corrected chi connectivity index (χ2v) is 3.11. The molecule has 15 heavy (non-hydrogen) atoms. The number of nitrogens with one attached hydrogen (secondary N) is 1. The molecule has 2 aromatic carbocycles. The third-order valence-electron chi connectivity index (χ3n) is 2.00. The highest BCUT2D eigenvalue weighted by atomic mass is 14.9. The monoisotopic (exact) mass is 193 g/mol. The zero-order chi connectivity index (χ0) is 10.5. The Morgan fingerprint density at radius 3 is 2.60 bits per heavy atom. The van der Waals surface area contributed by atoms with Crippen LogP contribution in [0, 0.1) is 17.4 Å². The van der Waals surface area contributed by atoms with Gasteiger partial charge in [-0.25, -0.2) is 0 Å². The topological polar surface area (TPSA) is 35.8 Å². The molecule has 2 rings (SSSR count). The second-order valence-electron chi connectivity index (χ2n) is 3.11. The SMILES string of the molecule is N#Cc1cccc(Nc2cc[c]cc2)c1. The minimum Gasteiger partial charge on any atom is -0.355 e. The minimum absolute atomic E-state index is 0.655. The standard InChI is InChI=1S/C13H9N2/c14-10-11-5-4-8-13(9-11)15-12-6-2-1-3-7-12/h2-9,15H. The van der Waals surface area contributed by atoms with E-state index in [2.05, 4.69) is 17.5 Å². The van der Waals surface area contributed by atoms with Crippen LogP contribution in [0.2, 0.25) is 0 Å². The number of hydrogen-bond acceptors (Lipinski definition) is 2. The van der Waals surface area contributed by atoms with E-state index in [-0.39, 0.29) is 0 Å². The van der Waals surface area contributed by atoms with E-state index in [1.54, 1.807) is 6.07 Å². The number of nitrogens with zero attached hydrogens (tertiary/aromatic N) is 1. The zero-order valence-corrected chi connectivity index (χ0v) is 8.07. The lowest BCUT2D eigenvalue weighted by molar-refractivity contribution is 1.47. The molecular weight excluding hydrogens is 184 g/mol. The van der Waals surface area contributed by atoms with Crippen molar-refractivity contribution in [2.75, 3.05) is 5.32 Å². The Morgan fingerprint density at radius 1 is 1.07 bits per heavy atom. The molecule has 0 aromatic heterocycles. The molecule has 0 saturated heterocycles. The molecule has 1 N–H and O–H groups in total. The van der Waals surface area contributed by atoms with Crippen LogP contribution in [0.5, 0.6) is 0 Å². The second kappa shape index (κ2) is 4.30. The Hall–Kier alpha value is -2.27. The lowest BCUT2D eigenvalue weighted by Crippen LogP contribution is -1.89. The molecule has 0 saturated carbocycles. The minimum atomic E-state index is 0.655. The van der Waals surface area contributed by atoms with Gasteiger partial charge < -0.3 is 5.32 Å². The van der Waals surface area contributed by atoms with Gasteiger partial charge in [0.15, 0.2) is 0 Å². The molecule has 0 heterocycles. The fourth-order valence-electron chi connectivity index (χ4n) is 1.30. The third kappa shape index (κ3) is 2.35. The number of rotatable bonds is 2. The van der Waals surface area contributed by atoms with Crippen LogP contribution >= 0.6 is 0 Å². The van der Waals surface area contributed by atoms with Crippen molar-refractivity contribution >= 4 is 11.4 Å². The normalized spacial score (nSPS) is 9.27. The molecule has 0 aliphatic rings. The summed E-state index contributed by atoms with van der Waals surface area (Å²) in [5.41, 5.74) is 2.56. The molecule has 1 radical (unpaired) electrons. The lowest BCUT2D eigenvalue weighted by atomic mass is 10.2. The van der Waals surface area contributed by atoms with Gasteiger partial charge in [0.1, 0.15) is 0 Å². The van der Waals surface area contributed by atoms with E-state index in [0.717, 1.165) is 11.4 Å². The Kier molecular flexibility index (Phi) is 2.66. The number of benzene rings is 2. The first-order valence-electron chi connectivity index (χ1n) is 4.62. The van der Waals surface area contributed by atoms with E-state index in [4.69, 9.17) is 5.26 Å². The molecule has 0 spiro atoms. The molecule has 2 nitrogen and oxygen atoms in total. The van der Waals surface area contributed by atoms with Gasteiger partial charge in [-0.05, 0) is 36.4 Å². The molecule has 0 bridgehead atoms. The highest BCUT2D eigenvalue weighted by Gasteiger charge is 1.94. The Bertz CT molecular complexity index is 483. The van der Waals surface area contributed by atoms with Crippen molar-refractivity contribution in [2.24, 2.45) is 0 Å². The average molecular weight is 193 g/mol. The summed E-state index contributed by atoms with van der Waals surface area (Å²) in [4.78, 5) is 0. The zero-order valence-electron chi connectivity index (χ0n) is 8.07. The van der Waals surface area contributed by atoms with Crippen LogP contribution in [0.3, 0.4) is 0 Å². The van der Waals surface area contributed by atoms with Gasteiger partial charge in [-0.15, -0.1) is 0 Å². The van der Waals surface area contributed by atoms with Crippen LogP contribution < -0.4 is 5.32 Å². The summed E-state index contributed by atoms with van der Waals surface area (Å²) in [6, 6.07) is 20.0. The van der Waals surface area contributed by atoms with E-state index in [0.29, 0.717) is 5.56 Å². The summed E-state index contributed by atoms with van der Waals surface area (Å²) in [7, 11) is 0. The van der Waals surface area contributed by atoms with Crippen molar-refractivity contribution in [1.29, 1.82) is 5.26 Å². The van der Waals surface area contributed by atoms with E-state index < -0.39 is 0 Å². The van der Waals surface area contributed by atoms with Crippen molar-refractivity contribution in [1.82, 2.24) is 0 Å². The molecule has 2 heteroatoms. The first-order chi connectivity index (χ1) is 7.38. The first-order valence-corrected chi connectivity index (χ1v) is 4.62. The fraction of sp³-hybridized carbons (Fsp3) is 0. The number of anilines is 2. The van der Waals surface area contributed by atoms with Gasteiger partial charge in [0.2, 0.25) is 0 Å². The molecule has 0 fully saturated rings. The van der Waals surface area contributed by atoms with Gasteiger partial charge in [-0.3, -0.25) is 0 Å². The lowest BCUT2D eigenvalue weighted by Gasteiger charge is -2.05. The highest BCUT2D eigenvalue weighted by Crippen LogP contribution is 2.16. The predicted molar refractivity (Wildman–Crippen MR) is 59.7 cm³/mol. The summed E-state index contributed by atoms with van der Waals surface area (Å²) in [6.45, 7) is 0. The van der Waals surface area contributed by atoms with E-state index in [1.165, 1.54) is 0 Å². The largest absolute Gasteiger partial charge is 0.355 e. The molecule has 0 amide bonds. The maximum Gasteiger partial charge on any atom is 0.0992 e. The Morgan fingerprint density at radius 2 is 1.87 bits per heavy atom. The molecule has 2 aromatic rings. The van der Waals surface area contributed by atoms with Gasteiger partial charge in [-0.1, -0.05) is 18.2 Å². The van der Waals surface area contributed by atoms with E-state index in [1.807, 2.05) is 42.5 Å². The van der Waals surface area contributed by atoms with Gasteiger partial charge in [0, 0.05) is 11.4 Å². The van der Waals surface area contributed by atoms with Crippen LogP contribution in [0.4, 0.5) is 11.4 Å².